The zero-order chi connectivity index (χ0) is 20.7. The second-order valence-electron chi connectivity index (χ2n) is 7.67. The molecule has 0 aliphatic carbocycles. The maximum absolute atomic E-state index is 8.06. The van der Waals surface area contributed by atoms with Crippen LogP contribution in [-0.4, -0.2) is 34.8 Å². The molecule has 6 heteroatoms. The fourth-order valence-corrected chi connectivity index (χ4v) is 3.64. The Morgan fingerprint density at radius 3 is 2.68 bits per heavy atom. The summed E-state index contributed by atoms with van der Waals surface area (Å²) in [6.45, 7) is 10.9. The van der Waals surface area contributed by atoms with Gasteiger partial charge in [-0.25, -0.2) is 4.98 Å². The van der Waals surface area contributed by atoms with Gasteiger partial charge in [-0.05, 0) is 56.4 Å². The Hall–Kier alpha value is -2.18. The largest absolute Gasteiger partial charge is 0.479 e. The number of rotatable bonds is 4. The lowest BCUT2D eigenvalue weighted by molar-refractivity contribution is 0.127. The summed E-state index contributed by atoms with van der Waals surface area (Å²) < 4.78 is 5.79. The van der Waals surface area contributed by atoms with Crippen LogP contribution in [0.3, 0.4) is 0 Å². The molecule has 28 heavy (non-hydrogen) atoms. The molecule has 0 atom stereocenters. The van der Waals surface area contributed by atoms with Crippen molar-refractivity contribution in [3.8, 4) is 10.6 Å². The van der Waals surface area contributed by atoms with Crippen molar-refractivity contribution >= 4 is 16.9 Å². The lowest BCUT2D eigenvalue weighted by Crippen LogP contribution is -2.28. The van der Waals surface area contributed by atoms with Gasteiger partial charge in [0.1, 0.15) is 5.01 Å². The first kappa shape index (κ1) is 22.1. The number of aliphatic hydroxyl groups is 1. The summed E-state index contributed by atoms with van der Waals surface area (Å²) in [6, 6.07) is 3.97. The number of hydrogen-bond donors (Lipinski definition) is 2. The molecule has 0 amide bonds. The maximum Gasteiger partial charge on any atom is 0.190 e. The third kappa shape index (κ3) is 5.91. The lowest BCUT2D eigenvalue weighted by atomic mass is 9.79. The molecular weight excluding hydrogens is 370 g/mol. The zero-order valence-corrected chi connectivity index (χ0v) is 18.4. The summed E-state index contributed by atoms with van der Waals surface area (Å²) in [6.07, 6.45) is 8.64. The van der Waals surface area contributed by atoms with Gasteiger partial charge in [0.25, 0.3) is 0 Å². The molecule has 1 aliphatic heterocycles. The summed E-state index contributed by atoms with van der Waals surface area (Å²) in [5.74, 6) is 0.877. The number of aromatic nitrogens is 2. The molecule has 0 radical (unpaired) electrons. The Bertz CT molecular complexity index is 821. The highest BCUT2D eigenvalue weighted by atomic mass is 32.1. The van der Waals surface area contributed by atoms with Crippen LogP contribution < -0.4 is 5.32 Å². The molecule has 0 aromatic carbocycles. The standard InChI is InChI=1S/C19H23N3OS.C3H8O/c1-13(10-15-17(20-4)23-9-7-19(15,2)3)16-12-22-18(24-16)14-6-5-8-21-11-14;1-3(2)4/h5-6,8,10-12,20H,7,9H2,1-4H3;3-4H,1-2H3/b13-10+;. The highest BCUT2D eigenvalue weighted by Gasteiger charge is 2.30. The number of hydrogen-bond acceptors (Lipinski definition) is 6. The van der Waals surface area contributed by atoms with Gasteiger partial charge in [-0.2, -0.15) is 0 Å². The zero-order valence-electron chi connectivity index (χ0n) is 17.6. The number of nitrogens with zero attached hydrogens (tertiary/aromatic N) is 2. The van der Waals surface area contributed by atoms with E-state index in [2.05, 4.69) is 42.1 Å². The van der Waals surface area contributed by atoms with Crippen molar-refractivity contribution in [3.63, 3.8) is 0 Å². The first-order valence-corrected chi connectivity index (χ1v) is 10.3. The monoisotopic (exact) mass is 401 g/mol. The minimum atomic E-state index is -0.167. The third-order valence-corrected chi connectivity index (χ3v) is 5.52. The van der Waals surface area contributed by atoms with Crippen LogP contribution in [-0.2, 0) is 4.74 Å². The minimum absolute atomic E-state index is 0.0920. The van der Waals surface area contributed by atoms with E-state index in [0.29, 0.717) is 0 Å². The number of thiazole rings is 1. The highest BCUT2D eigenvalue weighted by Crippen LogP contribution is 2.39. The van der Waals surface area contributed by atoms with E-state index in [1.807, 2.05) is 31.6 Å². The second kappa shape index (κ2) is 9.85. The summed E-state index contributed by atoms with van der Waals surface area (Å²) in [4.78, 5) is 9.88. The predicted molar refractivity (Wildman–Crippen MR) is 117 cm³/mol. The summed E-state index contributed by atoms with van der Waals surface area (Å²) in [5.41, 5.74) is 3.56. The van der Waals surface area contributed by atoms with Gasteiger partial charge in [0.2, 0.25) is 0 Å². The quantitative estimate of drug-likeness (QED) is 0.765. The Labute approximate surface area is 172 Å². The average molecular weight is 402 g/mol. The van der Waals surface area contributed by atoms with Gasteiger partial charge < -0.3 is 15.2 Å². The Kier molecular flexibility index (Phi) is 7.78. The molecule has 3 heterocycles. The van der Waals surface area contributed by atoms with Crippen LogP contribution in [0.4, 0.5) is 0 Å². The van der Waals surface area contributed by atoms with Gasteiger partial charge in [0, 0.05) is 42.9 Å². The van der Waals surface area contributed by atoms with Crippen molar-refractivity contribution in [2.24, 2.45) is 5.41 Å². The molecule has 1 aliphatic rings. The van der Waals surface area contributed by atoms with E-state index in [-0.39, 0.29) is 11.5 Å². The predicted octanol–water partition coefficient (Wildman–Crippen LogP) is 4.87. The van der Waals surface area contributed by atoms with E-state index in [1.54, 1.807) is 31.4 Å². The van der Waals surface area contributed by atoms with Crippen molar-refractivity contribution in [2.45, 2.75) is 47.1 Å². The Balaban J connectivity index is 0.000000640. The lowest BCUT2D eigenvalue weighted by Gasteiger charge is -2.33. The Morgan fingerprint density at radius 1 is 1.36 bits per heavy atom. The molecule has 0 saturated heterocycles. The van der Waals surface area contributed by atoms with E-state index < -0.39 is 0 Å². The molecule has 0 saturated carbocycles. The van der Waals surface area contributed by atoms with Crippen LogP contribution in [0.5, 0.6) is 0 Å². The van der Waals surface area contributed by atoms with Gasteiger partial charge in [-0.15, -0.1) is 11.3 Å². The first-order chi connectivity index (χ1) is 13.2. The van der Waals surface area contributed by atoms with E-state index in [0.717, 1.165) is 34.4 Å². The van der Waals surface area contributed by atoms with Crippen molar-refractivity contribution in [1.29, 1.82) is 0 Å². The van der Waals surface area contributed by atoms with Crippen LogP contribution in [0.15, 0.2) is 48.3 Å². The van der Waals surface area contributed by atoms with Crippen molar-refractivity contribution in [3.05, 3.63) is 53.1 Å². The van der Waals surface area contributed by atoms with Gasteiger partial charge in [0.15, 0.2) is 5.88 Å². The van der Waals surface area contributed by atoms with Crippen LogP contribution in [0.2, 0.25) is 0 Å². The van der Waals surface area contributed by atoms with Crippen molar-refractivity contribution in [2.75, 3.05) is 13.7 Å². The molecule has 0 unspecified atom stereocenters. The summed E-state index contributed by atoms with van der Waals surface area (Å²) >= 11 is 1.69. The molecule has 2 N–H and O–H groups in total. The number of ether oxygens (including phenoxy) is 1. The van der Waals surface area contributed by atoms with Crippen LogP contribution in [0, 0.1) is 5.41 Å². The van der Waals surface area contributed by atoms with E-state index in [1.165, 1.54) is 11.1 Å². The fraction of sp³-hybridized carbons (Fsp3) is 0.455. The highest BCUT2D eigenvalue weighted by molar-refractivity contribution is 7.16. The van der Waals surface area contributed by atoms with Gasteiger partial charge in [-0.1, -0.05) is 13.8 Å². The second-order valence-corrected chi connectivity index (χ2v) is 8.70. The van der Waals surface area contributed by atoms with E-state index >= 15 is 0 Å². The number of nitrogens with one attached hydrogen (secondary N) is 1. The normalized spacial score (nSPS) is 16.4. The summed E-state index contributed by atoms with van der Waals surface area (Å²) in [5, 5.41) is 12.2. The van der Waals surface area contributed by atoms with Gasteiger partial charge in [-0.3, -0.25) is 4.98 Å². The molecule has 2 aromatic heterocycles. The topological polar surface area (TPSA) is 67.3 Å². The molecule has 152 valence electrons. The van der Waals surface area contributed by atoms with Crippen LogP contribution in [0.25, 0.3) is 16.1 Å². The molecule has 0 fully saturated rings. The maximum atomic E-state index is 8.06. The minimum Gasteiger partial charge on any atom is -0.479 e. The number of pyridine rings is 1. The molecule has 0 bridgehead atoms. The number of allylic oxidation sites excluding steroid dienone is 3. The molecule has 5 nitrogen and oxygen atoms in total. The van der Waals surface area contributed by atoms with Crippen LogP contribution in [0.1, 0.15) is 45.9 Å². The summed E-state index contributed by atoms with van der Waals surface area (Å²) in [7, 11) is 1.91. The smallest absolute Gasteiger partial charge is 0.190 e. The number of aliphatic hydroxyl groups excluding tert-OH is 1. The van der Waals surface area contributed by atoms with Crippen molar-refractivity contribution < 1.29 is 9.84 Å². The van der Waals surface area contributed by atoms with Gasteiger partial charge >= 0.3 is 0 Å². The molecule has 3 rings (SSSR count). The molecule has 2 aromatic rings. The SMILES string of the molecule is CC(C)O.CNC1=C(/C=C(\C)c2cnc(-c3cccnc3)s2)C(C)(C)CCO1. The third-order valence-electron chi connectivity index (χ3n) is 4.34. The van der Waals surface area contributed by atoms with E-state index in [9.17, 15) is 0 Å². The fourth-order valence-electron chi connectivity index (χ4n) is 2.76. The van der Waals surface area contributed by atoms with Gasteiger partial charge in [0.05, 0.1) is 11.5 Å². The van der Waals surface area contributed by atoms with E-state index in [4.69, 9.17) is 9.84 Å². The first-order valence-electron chi connectivity index (χ1n) is 9.53. The van der Waals surface area contributed by atoms with Crippen molar-refractivity contribution in [1.82, 2.24) is 15.3 Å². The molecule has 0 spiro atoms. The van der Waals surface area contributed by atoms with Crippen LogP contribution >= 0.6 is 11.3 Å². The molecular formula is C22H31N3O2S. The average Bonchev–Trinajstić information content (AvgIpc) is 3.13. The Morgan fingerprint density at radius 2 is 2.07 bits per heavy atom.